The first-order chi connectivity index (χ1) is 7.49. The smallest absolute Gasteiger partial charge is 0.228 e. The number of rotatable bonds is 4. The summed E-state index contributed by atoms with van der Waals surface area (Å²) in [4.78, 5) is 15.1. The number of hydrogen-bond acceptors (Lipinski definition) is 3. The van der Waals surface area contributed by atoms with Gasteiger partial charge in [-0.3, -0.25) is 4.79 Å². The van der Waals surface area contributed by atoms with Crippen LogP contribution in [-0.2, 0) is 4.79 Å². The van der Waals surface area contributed by atoms with Crippen molar-refractivity contribution in [3.8, 4) is 0 Å². The summed E-state index contributed by atoms with van der Waals surface area (Å²) < 4.78 is 12.5. The van der Waals surface area contributed by atoms with E-state index in [1.54, 1.807) is 0 Å². The molecule has 0 saturated carbocycles. The molecule has 2 N–H and O–H groups in total. The molecule has 0 aliphatic heterocycles. The summed E-state index contributed by atoms with van der Waals surface area (Å²) in [6.45, 7) is 3.65. The molecule has 1 heterocycles. The van der Waals surface area contributed by atoms with E-state index in [9.17, 15) is 14.3 Å². The van der Waals surface area contributed by atoms with Crippen LogP contribution in [0.1, 0.15) is 20.3 Å². The van der Waals surface area contributed by atoms with Crippen LogP contribution in [0.2, 0.25) is 0 Å². The standard InChI is InChI=1S/C11H15FN2O2/c1-7(2)9(15)5-11(16)14-10-4-3-8(12)6-13-10/h3-4,6-7,9,15H,5H2,1-2H3,(H,13,14,16). The van der Waals surface area contributed by atoms with E-state index < -0.39 is 11.9 Å². The van der Waals surface area contributed by atoms with Crippen molar-refractivity contribution in [2.75, 3.05) is 5.32 Å². The second kappa shape index (κ2) is 5.55. The van der Waals surface area contributed by atoms with Crippen molar-refractivity contribution in [3.63, 3.8) is 0 Å². The first-order valence-corrected chi connectivity index (χ1v) is 5.08. The predicted octanol–water partition coefficient (Wildman–Crippen LogP) is 1.57. The number of halogens is 1. The molecule has 1 amide bonds. The minimum atomic E-state index is -0.680. The highest BCUT2D eigenvalue weighted by Crippen LogP contribution is 2.08. The van der Waals surface area contributed by atoms with Gasteiger partial charge in [0.05, 0.1) is 18.7 Å². The summed E-state index contributed by atoms with van der Waals surface area (Å²) in [5.41, 5.74) is 0. The molecular formula is C11H15FN2O2. The van der Waals surface area contributed by atoms with E-state index in [1.165, 1.54) is 12.1 Å². The van der Waals surface area contributed by atoms with Crippen LogP contribution in [0.15, 0.2) is 18.3 Å². The van der Waals surface area contributed by atoms with E-state index in [-0.39, 0.29) is 24.1 Å². The van der Waals surface area contributed by atoms with Crippen LogP contribution in [0.4, 0.5) is 10.2 Å². The van der Waals surface area contributed by atoms with Crippen molar-refractivity contribution >= 4 is 11.7 Å². The zero-order valence-electron chi connectivity index (χ0n) is 9.27. The summed E-state index contributed by atoms with van der Waals surface area (Å²) >= 11 is 0. The van der Waals surface area contributed by atoms with Crippen molar-refractivity contribution in [1.29, 1.82) is 0 Å². The maximum atomic E-state index is 12.5. The van der Waals surface area contributed by atoms with Gasteiger partial charge in [-0.25, -0.2) is 9.37 Å². The first kappa shape index (κ1) is 12.6. The lowest BCUT2D eigenvalue weighted by molar-refractivity contribution is -0.118. The van der Waals surface area contributed by atoms with Gasteiger partial charge in [0.2, 0.25) is 5.91 Å². The number of aliphatic hydroxyl groups is 1. The maximum Gasteiger partial charge on any atom is 0.228 e. The minimum Gasteiger partial charge on any atom is -0.392 e. The molecule has 16 heavy (non-hydrogen) atoms. The second-order valence-corrected chi connectivity index (χ2v) is 3.93. The zero-order valence-corrected chi connectivity index (χ0v) is 9.27. The average molecular weight is 226 g/mol. The van der Waals surface area contributed by atoms with Crippen LogP contribution in [0, 0.1) is 11.7 Å². The number of hydrogen-bond donors (Lipinski definition) is 2. The largest absolute Gasteiger partial charge is 0.392 e. The van der Waals surface area contributed by atoms with Crippen LogP contribution >= 0.6 is 0 Å². The van der Waals surface area contributed by atoms with Crippen molar-refractivity contribution in [2.24, 2.45) is 5.92 Å². The lowest BCUT2D eigenvalue weighted by atomic mass is 10.0. The highest BCUT2D eigenvalue weighted by atomic mass is 19.1. The van der Waals surface area contributed by atoms with Gasteiger partial charge in [0.1, 0.15) is 11.6 Å². The summed E-state index contributed by atoms with van der Waals surface area (Å²) in [6.07, 6.45) is 0.353. The maximum absolute atomic E-state index is 12.5. The highest BCUT2D eigenvalue weighted by Gasteiger charge is 2.14. The van der Waals surface area contributed by atoms with Crippen LogP contribution in [0.25, 0.3) is 0 Å². The molecule has 1 atom stereocenters. The third kappa shape index (κ3) is 3.94. The molecule has 0 aromatic carbocycles. The van der Waals surface area contributed by atoms with Gasteiger partial charge >= 0.3 is 0 Å². The third-order valence-corrected chi connectivity index (χ3v) is 2.16. The van der Waals surface area contributed by atoms with Crippen LogP contribution in [-0.4, -0.2) is 22.1 Å². The van der Waals surface area contributed by atoms with E-state index in [0.29, 0.717) is 0 Å². The highest BCUT2D eigenvalue weighted by molar-refractivity contribution is 5.89. The van der Waals surface area contributed by atoms with Gasteiger partial charge < -0.3 is 10.4 Å². The number of aliphatic hydroxyl groups excluding tert-OH is 1. The van der Waals surface area contributed by atoms with Gasteiger partial charge in [0.15, 0.2) is 0 Å². The molecule has 0 bridgehead atoms. The van der Waals surface area contributed by atoms with Crippen molar-refractivity contribution in [2.45, 2.75) is 26.4 Å². The molecule has 5 heteroatoms. The van der Waals surface area contributed by atoms with Gasteiger partial charge in [-0.1, -0.05) is 13.8 Å². The Balaban J connectivity index is 2.48. The van der Waals surface area contributed by atoms with Gasteiger partial charge in [-0.15, -0.1) is 0 Å². The molecule has 1 rings (SSSR count). The number of amides is 1. The molecule has 88 valence electrons. The topological polar surface area (TPSA) is 62.2 Å². The molecule has 0 radical (unpaired) electrons. The first-order valence-electron chi connectivity index (χ1n) is 5.08. The number of carbonyl (C=O) groups excluding carboxylic acids is 1. The summed E-state index contributed by atoms with van der Waals surface area (Å²) in [5, 5.41) is 12.0. The van der Waals surface area contributed by atoms with E-state index >= 15 is 0 Å². The Kier molecular flexibility index (Phi) is 4.37. The fourth-order valence-electron chi connectivity index (χ4n) is 1.07. The summed E-state index contributed by atoms with van der Waals surface area (Å²) in [5.74, 6) is -0.491. The second-order valence-electron chi connectivity index (χ2n) is 3.93. The average Bonchev–Trinajstić information content (AvgIpc) is 2.21. The molecule has 1 aromatic rings. The molecule has 1 aromatic heterocycles. The van der Waals surface area contributed by atoms with E-state index in [1.807, 2.05) is 13.8 Å². The normalized spacial score (nSPS) is 12.6. The summed E-state index contributed by atoms with van der Waals surface area (Å²) in [7, 11) is 0. The quantitative estimate of drug-likeness (QED) is 0.819. The predicted molar refractivity (Wildman–Crippen MR) is 58.3 cm³/mol. The van der Waals surface area contributed by atoms with Gasteiger partial charge in [-0.05, 0) is 18.1 Å². The molecule has 0 aliphatic carbocycles. The molecule has 0 spiro atoms. The SMILES string of the molecule is CC(C)C(O)CC(=O)Nc1ccc(F)cn1. The Morgan fingerprint density at radius 2 is 2.25 bits per heavy atom. The molecule has 4 nitrogen and oxygen atoms in total. The Labute approximate surface area is 93.5 Å². The molecule has 0 aliphatic rings. The number of nitrogens with zero attached hydrogens (tertiary/aromatic N) is 1. The number of nitrogens with one attached hydrogen (secondary N) is 1. The van der Waals surface area contributed by atoms with Gasteiger partial charge in [0.25, 0.3) is 0 Å². The monoisotopic (exact) mass is 226 g/mol. The van der Waals surface area contributed by atoms with Crippen LogP contribution < -0.4 is 5.32 Å². The lowest BCUT2D eigenvalue weighted by Crippen LogP contribution is -2.24. The number of carbonyl (C=O) groups is 1. The number of pyridine rings is 1. The minimum absolute atomic E-state index is 0.0106. The number of anilines is 1. The van der Waals surface area contributed by atoms with Gasteiger partial charge in [0, 0.05) is 0 Å². The molecular weight excluding hydrogens is 211 g/mol. The molecule has 0 saturated heterocycles. The van der Waals surface area contributed by atoms with Crippen LogP contribution in [0.5, 0.6) is 0 Å². The van der Waals surface area contributed by atoms with Crippen molar-refractivity contribution in [3.05, 3.63) is 24.1 Å². The Morgan fingerprint density at radius 1 is 1.56 bits per heavy atom. The van der Waals surface area contributed by atoms with E-state index in [4.69, 9.17) is 0 Å². The fraction of sp³-hybridized carbons (Fsp3) is 0.455. The fourth-order valence-corrected chi connectivity index (χ4v) is 1.07. The molecule has 0 fully saturated rings. The van der Waals surface area contributed by atoms with Crippen molar-refractivity contribution < 1.29 is 14.3 Å². The van der Waals surface area contributed by atoms with E-state index in [0.717, 1.165) is 6.20 Å². The number of aromatic nitrogens is 1. The van der Waals surface area contributed by atoms with Crippen molar-refractivity contribution in [1.82, 2.24) is 4.98 Å². The lowest BCUT2D eigenvalue weighted by Gasteiger charge is -2.13. The van der Waals surface area contributed by atoms with Gasteiger partial charge in [-0.2, -0.15) is 0 Å². The Bertz CT molecular complexity index is 352. The molecule has 1 unspecified atom stereocenters. The third-order valence-electron chi connectivity index (χ3n) is 2.16. The van der Waals surface area contributed by atoms with Crippen LogP contribution in [0.3, 0.4) is 0 Å². The Morgan fingerprint density at radius 3 is 2.75 bits per heavy atom. The Hall–Kier alpha value is -1.49. The van der Waals surface area contributed by atoms with E-state index in [2.05, 4.69) is 10.3 Å². The summed E-state index contributed by atoms with van der Waals surface area (Å²) in [6, 6.07) is 2.58. The zero-order chi connectivity index (χ0) is 12.1.